The van der Waals surface area contributed by atoms with Crippen LogP contribution in [-0.2, 0) is 0 Å². The fraction of sp³-hybridized carbons (Fsp3) is 0.519. The van der Waals surface area contributed by atoms with Gasteiger partial charge in [-0.3, -0.25) is 0 Å². The van der Waals surface area contributed by atoms with Crippen LogP contribution >= 0.6 is 0 Å². The summed E-state index contributed by atoms with van der Waals surface area (Å²) >= 11 is 0. The number of aromatic carboxylic acids is 1. The molecular weight excluding hydrogens is 372 g/mol. The van der Waals surface area contributed by atoms with E-state index in [-0.39, 0.29) is 0 Å². The van der Waals surface area contributed by atoms with Gasteiger partial charge in [0.1, 0.15) is 5.75 Å². The van der Waals surface area contributed by atoms with E-state index in [0.29, 0.717) is 5.56 Å². The zero-order chi connectivity index (χ0) is 21.4. The van der Waals surface area contributed by atoms with E-state index in [0.717, 1.165) is 29.9 Å². The van der Waals surface area contributed by atoms with E-state index in [2.05, 4.69) is 6.92 Å². The third kappa shape index (κ3) is 9.02. The molecule has 2 aromatic rings. The second kappa shape index (κ2) is 14.7. The van der Waals surface area contributed by atoms with Crippen molar-refractivity contribution in [2.24, 2.45) is 0 Å². The van der Waals surface area contributed by atoms with Crippen LogP contribution in [0.5, 0.6) is 5.75 Å². The number of benzene rings is 2. The zero-order valence-corrected chi connectivity index (χ0v) is 18.6. The van der Waals surface area contributed by atoms with Crippen molar-refractivity contribution in [1.29, 1.82) is 0 Å². The lowest BCUT2D eigenvalue weighted by Gasteiger charge is -2.12. The highest BCUT2D eigenvalue weighted by Gasteiger charge is 2.08. The quantitative estimate of drug-likeness (QED) is 0.284. The van der Waals surface area contributed by atoms with Crippen molar-refractivity contribution in [3.05, 3.63) is 54.1 Å². The maximum atomic E-state index is 11.0. The van der Waals surface area contributed by atoms with Gasteiger partial charge in [0.05, 0.1) is 12.2 Å². The molecule has 2 aromatic carbocycles. The molecule has 164 valence electrons. The first kappa shape index (κ1) is 24.0. The van der Waals surface area contributed by atoms with Gasteiger partial charge in [-0.1, -0.05) is 108 Å². The maximum absolute atomic E-state index is 11.0. The van der Waals surface area contributed by atoms with E-state index in [1.54, 1.807) is 12.1 Å². The highest BCUT2D eigenvalue weighted by Crippen LogP contribution is 2.30. The molecule has 3 nitrogen and oxygen atoms in total. The minimum absolute atomic E-state index is 0.300. The summed E-state index contributed by atoms with van der Waals surface area (Å²) in [6.07, 6.45) is 16.0. The van der Waals surface area contributed by atoms with Gasteiger partial charge >= 0.3 is 5.97 Å². The van der Waals surface area contributed by atoms with Crippen LogP contribution in [0, 0.1) is 0 Å². The van der Waals surface area contributed by atoms with E-state index in [4.69, 9.17) is 9.84 Å². The molecule has 0 fully saturated rings. The lowest BCUT2D eigenvalue weighted by molar-refractivity contribution is 0.0697. The predicted molar refractivity (Wildman–Crippen MR) is 125 cm³/mol. The summed E-state index contributed by atoms with van der Waals surface area (Å²) in [6, 6.07) is 14.9. The van der Waals surface area contributed by atoms with Gasteiger partial charge in [0.2, 0.25) is 0 Å². The van der Waals surface area contributed by atoms with Gasteiger partial charge in [0.15, 0.2) is 0 Å². The molecule has 30 heavy (non-hydrogen) atoms. The van der Waals surface area contributed by atoms with Crippen LogP contribution in [0.1, 0.15) is 94.3 Å². The third-order valence-corrected chi connectivity index (χ3v) is 5.59. The van der Waals surface area contributed by atoms with Crippen molar-refractivity contribution < 1.29 is 14.6 Å². The Morgan fingerprint density at radius 3 is 1.83 bits per heavy atom. The van der Waals surface area contributed by atoms with Gasteiger partial charge in [-0.2, -0.15) is 0 Å². The summed E-state index contributed by atoms with van der Waals surface area (Å²) < 4.78 is 6.04. The average Bonchev–Trinajstić information content (AvgIpc) is 2.77. The van der Waals surface area contributed by atoms with Gasteiger partial charge in [0.25, 0.3) is 0 Å². The molecular formula is C27H38O3. The van der Waals surface area contributed by atoms with Crippen molar-refractivity contribution in [2.75, 3.05) is 6.61 Å². The van der Waals surface area contributed by atoms with Crippen molar-refractivity contribution in [3.8, 4) is 16.9 Å². The fourth-order valence-electron chi connectivity index (χ4n) is 3.75. The number of ether oxygens (including phenoxy) is 1. The van der Waals surface area contributed by atoms with Gasteiger partial charge < -0.3 is 9.84 Å². The second-order valence-corrected chi connectivity index (χ2v) is 8.12. The molecule has 0 aliphatic carbocycles. The molecule has 0 unspecified atom stereocenters. The molecule has 0 radical (unpaired) electrons. The normalized spacial score (nSPS) is 10.8. The summed E-state index contributed by atoms with van der Waals surface area (Å²) in [7, 11) is 0. The lowest BCUT2D eigenvalue weighted by Crippen LogP contribution is -1.99. The summed E-state index contributed by atoms with van der Waals surface area (Å²) in [4.78, 5) is 11.0. The fourth-order valence-corrected chi connectivity index (χ4v) is 3.75. The topological polar surface area (TPSA) is 46.5 Å². The number of para-hydroxylation sites is 1. The molecule has 0 atom stereocenters. The summed E-state index contributed by atoms with van der Waals surface area (Å²) in [5.74, 6) is -0.0401. The summed E-state index contributed by atoms with van der Waals surface area (Å²) in [6.45, 7) is 2.99. The summed E-state index contributed by atoms with van der Waals surface area (Å²) in [5.41, 5.74) is 2.28. The Labute approximate surface area is 182 Å². The van der Waals surface area contributed by atoms with Crippen molar-refractivity contribution in [3.63, 3.8) is 0 Å². The number of rotatable bonds is 16. The molecule has 0 saturated heterocycles. The Balaban J connectivity index is 1.61. The number of hydrogen-bond acceptors (Lipinski definition) is 2. The Morgan fingerprint density at radius 2 is 1.27 bits per heavy atom. The number of hydrogen-bond donors (Lipinski definition) is 1. The Morgan fingerprint density at radius 1 is 0.733 bits per heavy atom. The average molecular weight is 411 g/mol. The molecule has 0 heterocycles. The van der Waals surface area contributed by atoms with Crippen LogP contribution in [0.2, 0.25) is 0 Å². The molecule has 1 N–H and O–H groups in total. The summed E-state index contributed by atoms with van der Waals surface area (Å²) in [5, 5.41) is 9.06. The van der Waals surface area contributed by atoms with Crippen LogP contribution < -0.4 is 4.74 Å². The SMILES string of the molecule is CCCCCCCCCCCCCCOc1ccccc1-c1ccc(C(=O)O)cc1. The van der Waals surface area contributed by atoms with Gasteiger partial charge in [-0.05, 0) is 30.2 Å². The molecule has 3 heteroatoms. The first-order valence-electron chi connectivity index (χ1n) is 11.8. The largest absolute Gasteiger partial charge is 0.493 e. The molecule has 0 aliphatic rings. The zero-order valence-electron chi connectivity index (χ0n) is 18.6. The van der Waals surface area contributed by atoms with Crippen LogP contribution in [-0.4, -0.2) is 17.7 Å². The van der Waals surface area contributed by atoms with Gasteiger partial charge in [-0.15, -0.1) is 0 Å². The van der Waals surface area contributed by atoms with E-state index in [1.807, 2.05) is 36.4 Å². The number of carboxylic acid groups (broad SMARTS) is 1. The Hall–Kier alpha value is -2.29. The minimum atomic E-state index is -0.905. The molecule has 0 bridgehead atoms. The smallest absolute Gasteiger partial charge is 0.335 e. The molecule has 0 aromatic heterocycles. The number of carboxylic acids is 1. The molecule has 0 spiro atoms. The van der Waals surface area contributed by atoms with Gasteiger partial charge in [-0.25, -0.2) is 4.79 Å². The van der Waals surface area contributed by atoms with Crippen LogP contribution in [0.15, 0.2) is 48.5 Å². The third-order valence-electron chi connectivity index (χ3n) is 5.59. The highest BCUT2D eigenvalue weighted by molar-refractivity contribution is 5.88. The number of carbonyl (C=O) groups is 1. The van der Waals surface area contributed by atoms with E-state index >= 15 is 0 Å². The Kier molecular flexibility index (Phi) is 11.7. The van der Waals surface area contributed by atoms with Crippen molar-refractivity contribution in [1.82, 2.24) is 0 Å². The molecule has 0 amide bonds. The van der Waals surface area contributed by atoms with Gasteiger partial charge in [0, 0.05) is 5.56 Å². The van der Waals surface area contributed by atoms with Crippen molar-refractivity contribution in [2.45, 2.75) is 84.0 Å². The maximum Gasteiger partial charge on any atom is 0.335 e. The first-order valence-corrected chi connectivity index (χ1v) is 11.8. The molecule has 0 aliphatic heterocycles. The van der Waals surface area contributed by atoms with Crippen molar-refractivity contribution >= 4 is 5.97 Å². The monoisotopic (exact) mass is 410 g/mol. The van der Waals surface area contributed by atoms with E-state index in [1.165, 1.54) is 70.6 Å². The van der Waals surface area contributed by atoms with E-state index in [9.17, 15) is 4.79 Å². The molecule has 2 rings (SSSR count). The van der Waals surface area contributed by atoms with Crippen LogP contribution in [0.25, 0.3) is 11.1 Å². The lowest BCUT2D eigenvalue weighted by atomic mass is 10.0. The minimum Gasteiger partial charge on any atom is -0.493 e. The molecule has 0 saturated carbocycles. The van der Waals surface area contributed by atoms with Crippen LogP contribution in [0.4, 0.5) is 0 Å². The Bertz CT molecular complexity index is 721. The second-order valence-electron chi connectivity index (χ2n) is 8.12. The first-order chi connectivity index (χ1) is 14.7. The standard InChI is InChI=1S/C27H38O3/c1-2-3-4-5-6-7-8-9-10-11-12-15-22-30-26-17-14-13-16-25(26)23-18-20-24(21-19-23)27(28)29/h13-14,16-21H,2-12,15,22H2,1H3,(H,28,29). The number of unbranched alkanes of at least 4 members (excludes halogenated alkanes) is 11. The van der Waals surface area contributed by atoms with Crippen LogP contribution in [0.3, 0.4) is 0 Å². The highest BCUT2D eigenvalue weighted by atomic mass is 16.5. The van der Waals surface area contributed by atoms with E-state index < -0.39 is 5.97 Å². The predicted octanol–water partition coefficient (Wildman–Crippen LogP) is 8.13.